The van der Waals surface area contributed by atoms with Gasteiger partial charge in [-0.15, -0.1) is 0 Å². The fraction of sp³-hybridized carbons (Fsp3) is 0.545. The zero-order valence-electron chi connectivity index (χ0n) is 22.5. The molecule has 2 nitrogen and oxygen atoms in total. The number of carbonyl (C=O) groups excluding carboxylic acids is 1. The highest BCUT2D eigenvalue weighted by Crippen LogP contribution is 2.44. The van der Waals surface area contributed by atoms with Crippen LogP contribution >= 0.6 is 0 Å². The number of carbonyl (C=O) groups is 1. The first-order chi connectivity index (χ1) is 16.9. The molecule has 0 unspecified atom stereocenters. The molecule has 2 aromatic carbocycles. The lowest BCUT2D eigenvalue weighted by Crippen LogP contribution is -2.24. The molecule has 190 valence electrons. The molecule has 0 saturated heterocycles. The molecule has 0 spiro atoms. The summed E-state index contributed by atoms with van der Waals surface area (Å²) in [4.78, 5) is 12.6. The second-order valence-corrected chi connectivity index (χ2v) is 11.0. The van der Waals surface area contributed by atoms with E-state index in [2.05, 4.69) is 82.3 Å². The van der Waals surface area contributed by atoms with Crippen LogP contribution in [0.25, 0.3) is 0 Å². The summed E-state index contributed by atoms with van der Waals surface area (Å²) in [6, 6.07) is 17.3. The number of rotatable bonds is 13. The van der Waals surface area contributed by atoms with Crippen LogP contribution < -0.4 is 4.74 Å². The molecule has 1 fully saturated rings. The summed E-state index contributed by atoms with van der Waals surface area (Å²) in [6.07, 6.45) is 15.3. The molecule has 0 bridgehead atoms. The SMILES string of the molecule is CCC=CC[C@H]1CCC(=O)C[C@@H]1c1ccc(C(C)(C)CCCCCC)cc1OCc1ccccc1. The van der Waals surface area contributed by atoms with Crippen molar-refractivity contribution in [2.24, 2.45) is 5.92 Å². The van der Waals surface area contributed by atoms with Gasteiger partial charge in [0, 0.05) is 12.8 Å². The van der Waals surface area contributed by atoms with Crippen molar-refractivity contribution in [3.8, 4) is 5.75 Å². The van der Waals surface area contributed by atoms with Gasteiger partial charge >= 0.3 is 0 Å². The van der Waals surface area contributed by atoms with Gasteiger partial charge in [-0.3, -0.25) is 4.79 Å². The van der Waals surface area contributed by atoms with E-state index >= 15 is 0 Å². The van der Waals surface area contributed by atoms with E-state index in [1.807, 2.05) is 6.07 Å². The highest BCUT2D eigenvalue weighted by atomic mass is 16.5. The number of benzene rings is 2. The van der Waals surface area contributed by atoms with Crippen LogP contribution in [0.1, 0.15) is 115 Å². The van der Waals surface area contributed by atoms with Crippen LogP contribution in [-0.2, 0) is 16.8 Å². The topological polar surface area (TPSA) is 26.3 Å². The second-order valence-electron chi connectivity index (χ2n) is 11.0. The van der Waals surface area contributed by atoms with Gasteiger partial charge in [-0.1, -0.05) is 108 Å². The molecular weight excluding hydrogens is 428 g/mol. The van der Waals surface area contributed by atoms with E-state index in [4.69, 9.17) is 4.74 Å². The van der Waals surface area contributed by atoms with Crippen LogP contribution in [0.2, 0.25) is 0 Å². The fourth-order valence-corrected chi connectivity index (χ4v) is 5.41. The van der Waals surface area contributed by atoms with Crippen LogP contribution in [0.15, 0.2) is 60.7 Å². The van der Waals surface area contributed by atoms with E-state index in [1.165, 1.54) is 48.8 Å². The van der Waals surface area contributed by atoms with Crippen molar-refractivity contribution in [2.75, 3.05) is 0 Å². The Balaban J connectivity index is 1.90. The van der Waals surface area contributed by atoms with Gasteiger partial charge in [0.1, 0.15) is 18.1 Å². The lowest BCUT2D eigenvalue weighted by molar-refractivity contribution is -0.121. The molecule has 0 aliphatic heterocycles. The molecule has 1 aliphatic rings. The molecule has 3 rings (SSSR count). The Kier molecular flexibility index (Phi) is 10.6. The number of unbranched alkanes of at least 4 members (excludes halogenated alkanes) is 3. The number of Topliss-reactive ketones (excluding diaryl/α,β-unsaturated/α-hetero) is 1. The molecule has 0 radical (unpaired) electrons. The van der Waals surface area contributed by atoms with Gasteiger partial charge in [0.25, 0.3) is 0 Å². The third-order valence-electron chi connectivity index (χ3n) is 7.74. The molecule has 2 heteroatoms. The van der Waals surface area contributed by atoms with E-state index in [9.17, 15) is 4.79 Å². The number of allylic oxidation sites excluding steroid dienone is 2. The number of ketones is 1. The van der Waals surface area contributed by atoms with Crippen molar-refractivity contribution in [2.45, 2.75) is 110 Å². The van der Waals surface area contributed by atoms with Crippen molar-refractivity contribution in [3.63, 3.8) is 0 Å². The molecule has 0 heterocycles. The maximum Gasteiger partial charge on any atom is 0.133 e. The van der Waals surface area contributed by atoms with E-state index in [0.717, 1.165) is 25.0 Å². The monoisotopic (exact) mass is 474 g/mol. The van der Waals surface area contributed by atoms with Gasteiger partial charge in [-0.25, -0.2) is 0 Å². The number of ether oxygens (including phenoxy) is 1. The minimum atomic E-state index is 0.1000. The van der Waals surface area contributed by atoms with E-state index < -0.39 is 0 Å². The Morgan fingerprint density at radius 1 is 1.00 bits per heavy atom. The van der Waals surface area contributed by atoms with Crippen LogP contribution in [0.3, 0.4) is 0 Å². The first kappa shape index (κ1) is 27.2. The van der Waals surface area contributed by atoms with Crippen LogP contribution in [-0.4, -0.2) is 5.78 Å². The third kappa shape index (κ3) is 8.09. The normalized spacial score (nSPS) is 18.8. The predicted octanol–water partition coefficient (Wildman–Crippen LogP) is 9.32. The lowest BCUT2D eigenvalue weighted by atomic mass is 9.72. The summed E-state index contributed by atoms with van der Waals surface area (Å²) in [7, 11) is 0. The standard InChI is InChI=1S/C33H46O2/c1-5-7-9-14-22-33(3,4)28-19-21-30(32(23-28)35-25-26-15-12-10-13-16-26)31-24-29(34)20-18-27(31)17-11-8-6-2/h8,10-13,15-16,19,21,23,27,31H,5-7,9,14,17-18,20,22,24-25H2,1-4H3/t27-,31-/m0/s1. The quantitative estimate of drug-likeness (QED) is 0.213. The zero-order chi connectivity index (χ0) is 25.1. The summed E-state index contributed by atoms with van der Waals surface area (Å²) < 4.78 is 6.54. The first-order valence-corrected chi connectivity index (χ1v) is 13.9. The minimum absolute atomic E-state index is 0.1000. The van der Waals surface area contributed by atoms with Crippen LogP contribution in [0.4, 0.5) is 0 Å². The van der Waals surface area contributed by atoms with Gasteiger partial charge in [0.15, 0.2) is 0 Å². The van der Waals surface area contributed by atoms with Crippen molar-refractivity contribution < 1.29 is 9.53 Å². The fourth-order valence-electron chi connectivity index (χ4n) is 5.41. The molecule has 0 amide bonds. The molecule has 35 heavy (non-hydrogen) atoms. The highest BCUT2D eigenvalue weighted by molar-refractivity contribution is 5.80. The van der Waals surface area contributed by atoms with Crippen LogP contribution in [0, 0.1) is 5.92 Å². The van der Waals surface area contributed by atoms with E-state index in [-0.39, 0.29) is 11.3 Å². The summed E-state index contributed by atoms with van der Waals surface area (Å²) >= 11 is 0. The molecular formula is C33H46O2. The second kappa shape index (κ2) is 13.7. The molecule has 2 aromatic rings. The molecule has 0 N–H and O–H groups in total. The molecule has 1 saturated carbocycles. The smallest absolute Gasteiger partial charge is 0.133 e. The highest BCUT2D eigenvalue weighted by Gasteiger charge is 2.32. The summed E-state index contributed by atoms with van der Waals surface area (Å²) in [5, 5.41) is 0. The molecule has 0 aromatic heterocycles. The average Bonchev–Trinajstić information content (AvgIpc) is 2.87. The van der Waals surface area contributed by atoms with Crippen molar-refractivity contribution in [3.05, 3.63) is 77.4 Å². The zero-order valence-corrected chi connectivity index (χ0v) is 22.5. The Bertz CT molecular complexity index is 941. The van der Waals surface area contributed by atoms with Gasteiger partial charge in [0.2, 0.25) is 0 Å². The van der Waals surface area contributed by atoms with Crippen molar-refractivity contribution in [1.29, 1.82) is 0 Å². The first-order valence-electron chi connectivity index (χ1n) is 13.9. The lowest BCUT2D eigenvalue weighted by Gasteiger charge is -2.33. The Hall–Kier alpha value is -2.35. The van der Waals surface area contributed by atoms with Gasteiger partial charge < -0.3 is 4.74 Å². The third-order valence-corrected chi connectivity index (χ3v) is 7.74. The minimum Gasteiger partial charge on any atom is -0.489 e. The van der Waals surface area contributed by atoms with E-state index in [0.29, 0.717) is 31.1 Å². The van der Waals surface area contributed by atoms with E-state index in [1.54, 1.807) is 0 Å². The largest absolute Gasteiger partial charge is 0.489 e. The molecule has 2 atom stereocenters. The average molecular weight is 475 g/mol. The Morgan fingerprint density at radius 2 is 1.80 bits per heavy atom. The maximum atomic E-state index is 12.6. The maximum absolute atomic E-state index is 12.6. The summed E-state index contributed by atoms with van der Waals surface area (Å²) in [5.41, 5.74) is 3.83. The Labute approximate surface area is 214 Å². The molecule has 1 aliphatic carbocycles. The predicted molar refractivity (Wildman–Crippen MR) is 148 cm³/mol. The summed E-state index contributed by atoms with van der Waals surface area (Å²) in [5.74, 6) is 2.07. The van der Waals surface area contributed by atoms with Gasteiger partial charge in [0.05, 0.1) is 0 Å². The van der Waals surface area contributed by atoms with Crippen LogP contribution in [0.5, 0.6) is 5.75 Å². The number of hydrogen-bond donors (Lipinski definition) is 0. The van der Waals surface area contributed by atoms with Crippen molar-refractivity contribution >= 4 is 5.78 Å². The Morgan fingerprint density at radius 3 is 2.54 bits per heavy atom. The summed E-state index contributed by atoms with van der Waals surface area (Å²) in [6.45, 7) is 9.71. The van der Waals surface area contributed by atoms with Gasteiger partial charge in [-0.05, 0) is 65.7 Å². The van der Waals surface area contributed by atoms with Crippen molar-refractivity contribution in [1.82, 2.24) is 0 Å². The number of hydrogen-bond acceptors (Lipinski definition) is 2. The van der Waals surface area contributed by atoms with Gasteiger partial charge in [-0.2, -0.15) is 0 Å².